The number of methoxy groups -OCH3 is 1. The largest absolute Gasteiger partial charge is 0.495 e. The number of likely N-dealkylation sites (N-methyl/N-ethyl adjacent to an activating group) is 1. The first-order chi connectivity index (χ1) is 24.2. The van der Waals surface area contributed by atoms with Crippen molar-refractivity contribution in [2.75, 3.05) is 70.8 Å². The molecular weight excluding hydrogens is 707 g/mol. The topological polar surface area (TPSA) is 140 Å². The van der Waals surface area contributed by atoms with E-state index < -0.39 is 0 Å². The first-order valence-corrected chi connectivity index (χ1v) is 17.2. The lowest BCUT2D eigenvalue weighted by molar-refractivity contribution is -0.132. The van der Waals surface area contributed by atoms with Gasteiger partial charge in [-0.1, -0.05) is 12.1 Å². The summed E-state index contributed by atoms with van der Waals surface area (Å²) >= 11 is 0. The number of hydrogen-bond acceptors (Lipinski definition) is 8. The van der Waals surface area contributed by atoms with E-state index in [-0.39, 0.29) is 49.1 Å². The number of ether oxygens (including phenoxy) is 2. The maximum Gasteiger partial charge on any atom is 0.258 e. The third kappa shape index (κ3) is 10.6. The van der Waals surface area contributed by atoms with Gasteiger partial charge in [0, 0.05) is 58.2 Å². The van der Waals surface area contributed by atoms with E-state index in [1.165, 1.54) is 7.11 Å². The molecule has 0 aliphatic carbocycles. The Morgan fingerprint density at radius 1 is 0.962 bits per heavy atom. The van der Waals surface area contributed by atoms with Crippen LogP contribution in [0, 0.1) is 6.92 Å². The van der Waals surface area contributed by atoms with Crippen LogP contribution in [0.5, 0.6) is 11.5 Å². The molecule has 14 heteroatoms. The fraction of sp³-hybridized carbons (Fsp3) is 0.421. The number of aliphatic hydroxyl groups is 1. The van der Waals surface area contributed by atoms with Crippen molar-refractivity contribution >= 4 is 64.9 Å². The summed E-state index contributed by atoms with van der Waals surface area (Å²) in [5.74, 6) is 1.23. The van der Waals surface area contributed by atoms with Gasteiger partial charge in [0.1, 0.15) is 22.8 Å². The molecule has 0 bridgehead atoms. The van der Waals surface area contributed by atoms with Crippen molar-refractivity contribution in [3.05, 3.63) is 77.1 Å². The second-order valence-corrected chi connectivity index (χ2v) is 12.8. The zero-order chi connectivity index (χ0) is 35.6. The van der Waals surface area contributed by atoms with Gasteiger partial charge >= 0.3 is 0 Å². The third-order valence-electron chi connectivity index (χ3n) is 9.00. The van der Waals surface area contributed by atoms with E-state index in [2.05, 4.69) is 27.2 Å². The molecule has 5 rings (SSSR count). The summed E-state index contributed by atoms with van der Waals surface area (Å²) in [7, 11) is 5.26. The Morgan fingerprint density at radius 3 is 2.46 bits per heavy atom. The third-order valence-corrected chi connectivity index (χ3v) is 9.00. The van der Waals surface area contributed by atoms with Crippen LogP contribution in [-0.4, -0.2) is 103 Å². The molecule has 12 nitrogen and oxygen atoms in total. The van der Waals surface area contributed by atoms with E-state index >= 15 is 0 Å². The Labute approximate surface area is 317 Å². The maximum atomic E-state index is 13.7. The van der Waals surface area contributed by atoms with Gasteiger partial charge in [-0.3, -0.25) is 14.4 Å². The molecule has 282 valence electrons. The minimum absolute atomic E-state index is 0. The smallest absolute Gasteiger partial charge is 0.258 e. The van der Waals surface area contributed by atoms with Crippen molar-refractivity contribution in [1.82, 2.24) is 19.8 Å². The predicted octanol–water partition coefficient (Wildman–Crippen LogP) is 5.89. The average Bonchev–Trinajstić information content (AvgIpc) is 3.55. The fourth-order valence-corrected chi connectivity index (χ4v) is 6.02. The molecule has 1 aliphatic rings. The van der Waals surface area contributed by atoms with E-state index in [1.54, 1.807) is 42.3 Å². The molecule has 3 amide bonds. The highest BCUT2D eigenvalue weighted by Gasteiger charge is 2.22. The number of carbonyl (C=O) groups is 3. The number of H-pyrrole nitrogens is 1. The SMILES string of the molecule is COc1cc(C(=O)N(C)c2ccc(C)cc2OCCCCCC(=O)N2CCN(C)CC2)ccc1NC(=O)c1cccc2[nH]c(CCCO)nc12.Cl.Cl. The van der Waals surface area contributed by atoms with Gasteiger partial charge in [0.15, 0.2) is 0 Å². The number of nitrogens with zero attached hydrogens (tertiary/aromatic N) is 4. The Hall–Kier alpha value is -4.36. The van der Waals surface area contributed by atoms with Gasteiger partial charge in [-0.2, -0.15) is 0 Å². The van der Waals surface area contributed by atoms with Crippen molar-refractivity contribution < 1.29 is 29.0 Å². The lowest BCUT2D eigenvalue weighted by Gasteiger charge is -2.32. The van der Waals surface area contributed by atoms with E-state index in [4.69, 9.17) is 14.6 Å². The molecule has 1 aromatic heterocycles. The molecule has 0 spiro atoms. The van der Waals surface area contributed by atoms with Crippen LogP contribution in [0.3, 0.4) is 0 Å². The van der Waals surface area contributed by atoms with Crippen LogP contribution in [-0.2, 0) is 11.2 Å². The van der Waals surface area contributed by atoms with Gasteiger partial charge in [0.2, 0.25) is 5.91 Å². The molecule has 1 saturated heterocycles. The number of amides is 3. The number of aromatic nitrogens is 2. The fourth-order valence-electron chi connectivity index (χ4n) is 6.02. The van der Waals surface area contributed by atoms with Gasteiger partial charge in [-0.15, -0.1) is 24.8 Å². The number of para-hydroxylation sites is 1. The maximum absolute atomic E-state index is 13.7. The summed E-state index contributed by atoms with van der Waals surface area (Å²) in [4.78, 5) is 53.2. The molecule has 3 N–H and O–H groups in total. The molecule has 3 aromatic carbocycles. The molecular formula is C38H50Cl2N6O6. The number of hydrogen-bond donors (Lipinski definition) is 3. The van der Waals surface area contributed by atoms with Gasteiger partial charge in [0.25, 0.3) is 11.8 Å². The minimum Gasteiger partial charge on any atom is -0.495 e. The van der Waals surface area contributed by atoms with Crippen molar-refractivity contribution in [3.63, 3.8) is 0 Å². The minimum atomic E-state index is -0.367. The molecule has 1 fully saturated rings. The van der Waals surface area contributed by atoms with Crippen LogP contribution in [0.1, 0.15) is 64.2 Å². The highest BCUT2D eigenvalue weighted by atomic mass is 35.5. The van der Waals surface area contributed by atoms with Crippen LogP contribution in [0.25, 0.3) is 11.0 Å². The second-order valence-electron chi connectivity index (χ2n) is 12.8. The summed E-state index contributed by atoms with van der Waals surface area (Å²) in [5.41, 5.74) is 4.09. The monoisotopic (exact) mass is 756 g/mol. The Morgan fingerprint density at radius 2 is 1.73 bits per heavy atom. The van der Waals surface area contributed by atoms with Crippen LogP contribution < -0.4 is 19.7 Å². The summed E-state index contributed by atoms with van der Waals surface area (Å²) in [6.45, 7) is 5.94. The number of aryl methyl sites for hydroxylation is 2. The first kappa shape index (κ1) is 42.1. The highest BCUT2D eigenvalue weighted by molar-refractivity contribution is 6.12. The molecule has 0 unspecified atom stereocenters. The zero-order valence-electron chi connectivity index (χ0n) is 30.3. The summed E-state index contributed by atoms with van der Waals surface area (Å²) in [5, 5.41) is 12.1. The predicted molar refractivity (Wildman–Crippen MR) is 209 cm³/mol. The zero-order valence-corrected chi connectivity index (χ0v) is 31.9. The lowest BCUT2D eigenvalue weighted by Crippen LogP contribution is -2.47. The molecule has 0 saturated carbocycles. The number of rotatable bonds is 15. The van der Waals surface area contributed by atoms with Gasteiger partial charge in [-0.05, 0) is 87.7 Å². The summed E-state index contributed by atoms with van der Waals surface area (Å²) in [6, 6.07) is 16.0. The van der Waals surface area contributed by atoms with Crippen LogP contribution in [0.2, 0.25) is 0 Å². The van der Waals surface area contributed by atoms with E-state index in [9.17, 15) is 14.4 Å². The average molecular weight is 758 g/mol. The molecule has 0 radical (unpaired) electrons. The number of aliphatic hydroxyl groups excluding tert-OH is 1. The van der Waals surface area contributed by atoms with Crippen molar-refractivity contribution in [1.29, 1.82) is 0 Å². The van der Waals surface area contributed by atoms with Gasteiger partial charge < -0.3 is 39.6 Å². The number of piperazine rings is 1. The molecule has 52 heavy (non-hydrogen) atoms. The number of aromatic amines is 1. The molecule has 4 aromatic rings. The van der Waals surface area contributed by atoms with Crippen molar-refractivity contribution in [2.45, 2.75) is 45.4 Å². The Kier molecular flexibility index (Phi) is 16.2. The number of nitrogens with one attached hydrogen (secondary N) is 2. The standard InChI is InChI=1S/C38H48N6O6.2ClH/c1-26-14-17-31(33(24-26)50-23-7-5-6-13-35(46)44-20-18-42(2)19-21-44)43(3)38(48)27-15-16-29(32(25-27)49-4)40-37(47)28-10-8-11-30-36(28)41-34(39-30)12-9-22-45;;/h8,10-11,14-17,24-25,45H,5-7,9,12-13,18-23H2,1-4H3,(H,39,41)(H,40,47);2*1H. The van der Waals surface area contributed by atoms with Crippen LogP contribution in [0.15, 0.2) is 54.6 Å². The number of imidazole rings is 1. The molecule has 0 atom stereocenters. The van der Waals surface area contributed by atoms with E-state index in [0.29, 0.717) is 71.2 Å². The number of anilines is 2. The summed E-state index contributed by atoms with van der Waals surface area (Å²) < 4.78 is 11.8. The van der Waals surface area contributed by atoms with Gasteiger partial charge in [-0.25, -0.2) is 4.98 Å². The second kappa shape index (κ2) is 20.0. The van der Waals surface area contributed by atoms with Gasteiger partial charge in [0.05, 0.1) is 36.2 Å². The van der Waals surface area contributed by atoms with E-state index in [1.807, 2.05) is 36.1 Å². The normalized spacial score (nSPS) is 12.8. The number of fused-ring (bicyclic) bond motifs is 1. The number of benzene rings is 3. The van der Waals surface area contributed by atoms with Crippen molar-refractivity contribution in [2.24, 2.45) is 0 Å². The Balaban J connectivity index is 0.00000364. The molecule has 1 aliphatic heterocycles. The number of carbonyl (C=O) groups excluding carboxylic acids is 3. The van der Waals surface area contributed by atoms with Crippen molar-refractivity contribution in [3.8, 4) is 11.5 Å². The Bertz CT molecular complexity index is 1810. The number of halogens is 2. The summed E-state index contributed by atoms with van der Waals surface area (Å²) in [6.07, 6.45) is 4.18. The first-order valence-electron chi connectivity index (χ1n) is 17.2. The van der Waals surface area contributed by atoms with E-state index in [0.717, 1.165) is 56.5 Å². The quantitative estimate of drug-likeness (QED) is 0.128. The number of unbranched alkanes of at least 4 members (excludes halogenated alkanes) is 2. The van der Waals surface area contributed by atoms with Crippen LogP contribution in [0.4, 0.5) is 11.4 Å². The highest BCUT2D eigenvalue weighted by Crippen LogP contribution is 2.32. The van der Waals surface area contributed by atoms with Crippen LogP contribution >= 0.6 is 24.8 Å². The molecule has 2 heterocycles. The lowest BCUT2D eigenvalue weighted by atomic mass is 10.1.